The summed E-state index contributed by atoms with van der Waals surface area (Å²) < 4.78 is 23.5. The standard InChI is InChI=1S/C19H18ClFN6O3/c1-29-14-8-15(30-2)13(7-12(14)20)25-17-16(22)18(24-9-23-17)26-27-19(28)10-3-5-11(21)6-4-10/h3-9H,22H2,1-2H3,(H,27,28)(H2,23,24,25,26). The van der Waals surface area contributed by atoms with E-state index in [-0.39, 0.29) is 22.9 Å². The molecule has 11 heteroatoms. The number of hydrogen-bond acceptors (Lipinski definition) is 8. The first-order valence-corrected chi connectivity index (χ1v) is 8.91. The largest absolute Gasteiger partial charge is 0.495 e. The van der Waals surface area contributed by atoms with Crippen molar-refractivity contribution in [2.45, 2.75) is 0 Å². The molecular weight excluding hydrogens is 415 g/mol. The van der Waals surface area contributed by atoms with Crippen LogP contribution in [-0.2, 0) is 0 Å². The second-order valence-electron chi connectivity index (χ2n) is 5.88. The molecule has 0 spiro atoms. The van der Waals surface area contributed by atoms with E-state index in [9.17, 15) is 9.18 Å². The lowest BCUT2D eigenvalue weighted by Gasteiger charge is -2.16. The number of nitrogen functional groups attached to an aromatic ring is 1. The van der Waals surface area contributed by atoms with Gasteiger partial charge in [0.2, 0.25) is 0 Å². The number of nitrogens with zero attached hydrogens (tertiary/aromatic N) is 2. The number of ether oxygens (including phenoxy) is 2. The highest BCUT2D eigenvalue weighted by molar-refractivity contribution is 6.32. The maximum atomic E-state index is 13.0. The maximum Gasteiger partial charge on any atom is 0.269 e. The Kier molecular flexibility index (Phi) is 6.38. The van der Waals surface area contributed by atoms with Gasteiger partial charge in [0, 0.05) is 11.6 Å². The van der Waals surface area contributed by atoms with Crippen molar-refractivity contribution in [3.63, 3.8) is 0 Å². The van der Waals surface area contributed by atoms with Crippen LogP contribution in [0.4, 0.5) is 27.4 Å². The summed E-state index contributed by atoms with van der Waals surface area (Å²) in [6.07, 6.45) is 1.25. The fourth-order valence-corrected chi connectivity index (χ4v) is 2.71. The average Bonchev–Trinajstić information content (AvgIpc) is 2.75. The fourth-order valence-electron chi connectivity index (χ4n) is 2.47. The highest BCUT2D eigenvalue weighted by atomic mass is 35.5. The van der Waals surface area contributed by atoms with Gasteiger partial charge in [-0.1, -0.05) is 11.6 Å². The van der Waals surface area contributed by atoms with Gasteiger partial charge in [-0.15, -0.1) is 0 Å². The van der Waals surface area contributed by atoms with E-state index in [2.05, 4.69) is 26.1 Å². The Bertz CT molecular complexity index is 1060. The number of methoxy groups -OCH3 is 2. The van der Waals surface area contributed by atoms with E-state index in [1.54, 1.807) is 12.1 Å². The number of aromatic nitrogens is 2. The van der Waals surface area contributed by atoms with E-state index in [0.717, 1.165) is 0 Å². The molecule has 2 aromatic carbocycles. The molecule has 0 saturated carbocycles. The van der Waals surface area contributed by atoms with Crippen molar-refractivity contribution < 1.29 is 18.7 Å². The van der Waals surface area contributed by atoms with Gasteiger partial charge < -0.3 is 20.5 Å². The number of rotatable bonds is 7. The molecule has 3 aromatic rings. The summed E-state index contributed by atoms with van der Waals surface area (Å²) in [6, 6.07) is 8.28. The molecule has 0 unspecified atom stereocenters. The molecule has 3 rings (SSSR count). The molecule has 0 saturated heterocycles. The molecule has 156 valence electrons. The SMILES string of the molecule is COc1cc(OC)c(Nc2ncnc(NNC(=O)c3ccc(F)cc3)c2N)cc1Cl. The van der Waals surface area contributed by atoms with Crippen LogP contribution in [0.2, 0.25) is 5.02 Å². The summed E-state index contributed by atoms with van der Waals surface area (Å²) >= 11 is 6.18. The van der Waals surface area contributed by atoms with Gasteiger partial charge in [-0.25, -0.2) is 14.4 Å². The number of benzene rings is 2. The molecule has 1 heterocycles. The number of hydrazine groups is 1. The van der Waals surface area contributed by atoms with Gasteiger partial charge in [0.1, 0.15) is 29.3 Å². The summed E-state index contributed by atoms with van der Waals surface area (Å²) in [5, 5.41) is 3.37. The van der Waals surface area contributed by atoms with Gasteiger partial charge in [-0.05, 0) is 30.3 Å². The quantitative estimate of drug-likeness (QED) is 0.419. The Balaban J connectivity index is 1.77. The molecule has 1 aromatic heterocycles. The van der Waals surface area contributed by atoms with Gasteiger partial charge in [-0.2, -0.15) is 0 Å². The monoisotopic (exact) mass is 432 g/mol. The minimum absolute atomic E-state index is 0.130. The topological polar surface area (TPSA) is 123 Å². The van der Waals surface area contributed by atoms with Crippen LogP contribution in [0.1, 0.15) is 10.4 Å². The highest BCUT2D eigenvalue weighted by Crippen LogP contribution is 2.38. The zero-order valence-corrected chi connectivity index (χ0v) is 16.7. The molecule has 1 amide bonds. The first-order chi connectivity index (χ1) is 14.4. The number of carbonyl (C=O) groups is 1. The number of amides is 1. The number of anilines is 4. The summed E-state index contributed by atoms with van der Waals surface area (Å²) in [5.41, 5.74) is 12.1. The Hall–Kier alpha value is -3.79. The van der Waals surface area contributed by atoms with Crippen LogP contribution in [0, 0.1) is 5.82 Å². The van der Waals surface area contributed by atoms with Crippen molar-refractivity contribution in [2.24, 2.45) is 0 Å². The summed E-state index contributed by atoms with van der Waals surface area (Å²) in [7, 11) is 2.99. The Labute approximate surface area is 176 Å². The Morgan fingerprint density at radius 1 is 1.07 bits per heavy atom. The lowest BCUT2D eigenvalue weighted by molar-refractivity contribution is 0.0962. The Morgan fingerprint density at radius 3 is 2.40 bits per heavy atom. The van der Waals surface area contributed by atoms with Crippen LogP contribution < -0.4 is 31.4 Å². The lowest BCUT2D eigenvalue weighted by atomic mass is 10.2. The number of nitrogens with two attached hydrogens (primary N) is 1. The van der Waals surface area contributed by atoms with Crippen LogP contribution in [0.3, 0.4) is 0 Å². The number of halogens is 2. The first-order valence-electron chi connectivity index (χ1n) is 8.54. The molecule has 0 radical (unpaired) electrons. The van der Waals surface area contributed by atoms with Crippen molar-refractivity contribution in [3.05, 3.63) is 59.1 Å². The van der Waals surface area contributed by atoms with Crippen molar-refractivity contribution in [1.29, 1.82) is 0 Å². The molecule has 0 aliphatic carbocycles. The predicted octanol–water partition coefficient (Wildman–Crippen LogP) is 3.37. The zero-order chi connectivity index (χ0) is 21.7. The lowest BCUT2D eigenvalue weighted by Crippen LogP contribution is -2.30. The second-order valence-corrected chi connectivity index (χ2v) is 6.29. The van der Waals surface area contributed by atoms with E-state index < -0.39 is 11.7 Å². The van der Waals surface area contributed by atoms with Gasteiger partial charge in [0.15, 0.2) is 11.6 Å². The molecule has 0 aliphatic heterocycles. The molecule has 0 bridgehead atoms. The van der Waals surface area contributed by atoms with Crippen molar-refractivity contribution in [2.75, 3.05) is 30.7 Å². The van der Waals surface area contributed by atoms with Crippen LogP contribution >= 0.6 is 11.6 Å². The van der Waals surface area contributed by atoms with Gasteiger partial charge in [-0.3, -0.25) is 15.6 Å². The predicted molar refractivity (Wildman–Crippen MR) is 112 cm³/mol. The third-order valence-corrected chi connectivity index (χ3v) is 4.31. The number of nitrogens with one attached hydrogen (secondary N) is 3. The van der Waals surface area contributed by atoms with Gasteiger partial charge in [0.05, 0.1) is 24.9 Å². The van der Waals surface area contributed by atoms with Crippen LogP contribution in [0.5, 0.6) is 11.5 Å². The minimum atomic E-state index is -0.494. The van der Waals surface area contributed by atoms with E-state index in [0.29, 0.717) is 22.2 Å². The molecule has 9 nitrogen and oxygen atoms in total. The maximum absolute atomic E-state index is 13.0. The third kappa shape index (κ3) is 4.61. The van der Waals surface area contributed by atoms with E-state index in [1.807, 2.05) is 0 Å². The van der Waals surface area contributed by atoms with Crippen molar-refractivity contribution >= 4 is 40.5 Å². The van der Waals surface area contributed by atoms with Gasteiger partial charge in [0.25, 0.3) is 5.91 Å². The highest BCUT2D eigenvalue weighted by Gasteiger charge is 2.14. The molecule has 0 aliphatic rings. The molecule has 5 N–H and O–H groups in total. The van der Waals surface area contributed by atoms with Crippen molar-refractivity contribution in [1.82, 2.24) is 15.4 Å². The average molecular weight is 433 g/mol. The summed E-state index contributed by atoms with van der Waals surface area (Å²) in [6.45, 7) is 0. The van der Waals surface area contributed by atoms with E-state index >= 15 is 0 Å². The number of carbonyl (C=O) groups excluding carboxylic acids is 1. The Morgan fingerprint density at radius 2 is 1.73 bits per heavy atom. The summed E-state index contributed by atoms with van der Waals surface area (Å²) in [5.74, 6) is 0.369. The van der Waals surface area contributed by atoms with Gasteiger partial charge >= 0.3 is 0 Å². The smallest absolute Gasteiger partial charge is 0.269 e. The zero-order valence-electron chi connectivity index (χ0n) is 16.0. The molecular formula is C19H18ClFN6O3. The molecule has 0 atom stereocenters. The van der Waals surface area contributed by atoms with Crippen LogP contribution in [-0.4, -0.2) is 30.1 Å². The normalized spacial score (nSPS) is 10.3. The molecule has 30 heavy (non-hydrogen) atoms. The van der Waals surface area contributed by atoms with Crippen LogP contribution in [0.15, 0.2) is 42.7 Å². The van der Waals surface area contributed by atoms with E-state index in [4.69, 9.17) is 26.8 Å². The second kappa shape index (κ2) is 9.14. The first kappa shape index (κ1) is 20.9. The van der Waals surface area contributed by atoms with Crippen LogP contribution in [0.25, 0.3) is 0 Å². The number of hydrogen-bond donors (Lipinski definition) is 4. The van der Waals surface area contributed by atoms with Crippen molar-refractivity contribution in [3.8, 4) is 11.5 Å². The third-order valence-electron chi connectivity index (χ3n) is 4.01. The summed E-state index contributed by atoms with van der Waals surface area (Å²) in [4.78, 5) is 20.3. The fraction of sp³-hybridized carbons (Fsp3) is 0.105. The van der Waals surface area contributed by atoms with E-state index in [1.165, 1.54) is 44.8 Å². The minimum Gasteiger partial charge on any atom is -0.495 e. The molecule has 0 fully saturated rings.